The Bertz CT molecular complexity index is 1040. The van der Waals surface area contributed by atoms with Crippen LogP contribution in [-0.2, 0) is 10.8 Å². The zero-order chi connectivity index (χ0) is 26.9. The van der Waals surface area contributed by atoms with E-state index in [1.165, 1.54) is 60.9 Å². The van der Waals surface area contributed by atoms with E-state index < -0.39 is 8.32 Å². The Morgan fingerprint density at radius 2 is 1.21 bits per heavy atom. The van der Waals surface area contributed by atoms with Gasteiger partial charge in [-0.05, 0) is 59.1 Å². The van der Waals surface area contributed by atoms with Gasteiger partial charge in [0.05, 0.1) is 0 Å². The standard InChI is InChI=1S/C35H47NOSi/c1-35(2,3)38(33-25-17-14-18-26-33,34-27-19-15-20-28-34)37-30-21-13-11-9-7-5-4-6-8-10-12-16-23-32-24-22-29-36-31-32/h14-15,17-20,22,24-29,31H,4-5,7,9-13,16,21,23,30H2,1-3H3. The van der Waals surface area contributed by atoms with Gasteiger partial charge in [0.25, 0.3) is 8.32 Å². The Kier molecular flexibility index (Phi) is 12.8. The first-order valence-corrected chi connectivity index (χ1v) is 16.5. The molecule has 0 N–H and O–H groups in total. The Morgan fingerprint density at radius 3 is 1.76 bits per heavy atom. The van der Waals surface area contributed by atoms with Crippen LogP contribution in [0.15, 0.2) is 85.2 Å². The van der Waals surface area contributed by atoms with Crippen molar-refractivity contribution in [2.24, 2.45) is 0 Å². The van der Waals surface area contributed by atoms with E-state index in [0.717, 1.165) is 32.3 Å². The molecule has 202 valence electrons. The number of rotatable bonds is 15. The third kappa shape index (κ3) is 9.26. The van der Waals surface area contributed by atoms with E-state index in [1.807, 2.05) is 18.5 Å². The molecule has 2 nitrogen and oxygen atoms in total. The Labute approximate surface area is 233 Å². The number of unbranched alkanes of at least 4 members (excludes halogenated alkanes) is 8. The summed E-state index contributed by atoms with van der Waals surface area (Å²) in [6.45, 7) is 7.89. The smallest absolute Gasteiger partial charge is 0.261 e. The molecule has 0 bridgehead atoms. The van der Waals surface area contributed by atoms with Crippen LogP contribution in [0.3, 0.4) is 0 Å². The van der Waals surface area contributed by atoms with Gasteiger partial charge in [-0.25, -0.2) is 0 Å². The molecule has 0 fully saturated rings. The summed E-state index contributed by atoms with van der Waals surface area (Å²) in [5.41, 5.74) is 1.33. The topological polar surface area (TPSA) is 22.1 Å². The van der Waals surface area contributed by atoms with E-state index in [1.54, 1.807) is 0 Å². The predicted molar refractivity (Wildman–Crippen MR) is 165 cm³/mol. The monoisotopic (exact) mass is 525 g/mol. The molecule has 0 saturated carbocycles. The van der Waals surface area contributed by atoms with Gasteiger partial charge < -0.3 is 4.43 Å². The van der Waals surface area contributed by atoms with Crippen molar-refractivity contribution in [3.8, 4) is 11.8 Å². The molecule has 1 aromatic heterocycles. The zero-order valence-electron chi connectivity index (χ0n) is 23.9. The number of benzene rings is 2. The molecule has 0 aliphatic carbocycles. The van der Waals surface area contributed by atoms with Crippen LogP contribution in [0.5, 0.6) is 0 Å². The molecule has 0 aliphatic heterocycles. The minimum absolute atomic E-state index is 0.0517. The zero-order valence-corrected chi connectivity index (χ0v) is 24.9. The minimum atomic E-state index is -2.39. The lowest BCUT2D eigenvalue weighted by Crippen LogP contribution is -2.66. The van der Waals surface area contributed by atoms with Crippen molar-refractivity contribution in [3.05, 3.63) is 90.8 Å². The Balaban J connectivity index is 1.32. The molecule has 0 spiro atoms. The van der Waals surface area contributed by atoms with E-state index in [4.69, 9.17) is 4.43 Å². The van der Waals surface area contributed by atoms with Gasteiger partial charge in [0.2, 0.25) is 0 Å². The van der Waals surface area contributed by atoms with Crippen LogP contribution >= 0.6 is 0 Å². The highest BCUT2D eigenvalue weighted by Gasteiger charge is 2.49. The molecule has 0 saturated heterocycles. The summed E-state index contributed by atoms with van der Waals surface area (Å²) in [5.74, 6) is 6.74. The highest BCUT2D eigenvalue weighted by atomic mass is 28.4. The van der Waals surface area contributed by atoms with E-state index in [2.05, 4.69) is 104 Å². The highest BCUT2D eigenvalue weighted by Crippen LogP contribution is 2.36. The lowest BCUT2D eigenvalue weighted by molar-refractivity contribution is 0.286. The van der Waals surface area contributed by atoms with Crippen molar-refractivity contribution in [2.45, 2.75) is 96.4 Å². The summed E-state index contributed by atoms with van der Waals surface area (Å²) in [5, 5.41) is 2.79. The second-order valence-electron chi connectivity index (χ2n) is 11.3. The van der Waals surface area contributed by atoms with Crippen molar-refractivity contribution in [1.82, 2.24) is 4.98 Å². The van der Waals surface area contributed by atoms with Crippen LogP contribution in [0.4, 0.5) is 0 Å². The number of pyridine rings is 1. The van der Waals surface area contributed by atoms with E-state index >= 15 is 0 Å². The fraction of sp³-hybridized carbons (Fsp3) is 0.457. The van der Waals surface area contributed by atoms with Gasteiger partial charge in [-0.15, -0.1) is 11.8 Å². The summed E-state index contributed by atoms with van der Waals surface area (Å²) in [6.07, 6.45) is 16.8. The molecule has 2 aromatic carbocycles. The van der Waals surface area contributed by atoms with Crippen LogP contribution in [0.1, 0.15) is 90.5 Å². The van der Waals surface area contributed by atoms with Gasteiger partial charge in [-0.2, -0.15) is 0 Å². The first kappa shape index (κ1) is 29.9. The first-order chi connectivity index (χ1) is 18.5. The largest absolute Gasteiger partial charge is 0.407 e. The third-order valence-electron chi connectivity index (χ3n) is 7.30. The summed E-state index contributed by atoms with van der Waals surface area (Å²) >= 11 is 0. The normalized spacial score (nSPS) is 11.7. The van der Waals surface area contributed by atoms with Crippen LogP contribution in [0.2, 0.25) is 5.04 Å². The summed E-state index contributed by atoms with van der Waals surface area (Å²) in [7, 11) is -2.39. The Hall–Kier alpha value is -2.67. The lowest BCUT2D eigenvalue weighted by atomic mass is 10.1. The first-order valence-electron chi connectivity index (χ1n) is 14.6. The molecule has 0 amide bonds. The van der Waals surface area contributed by atoms with Gasteiger partial charge in [-0.1, -0.05) is 113 Å². The molecule has 3 heteroatoms. The predicted octanol–water partition coefficient (Wildman–Crippen LogP) is 8.11. The average Bonchev–Trinajstić information content (AvgIpc) is 2.94. The van der Waals surface area contributed by atoms with Gasteiger partial charge in [-0.3, -0.25) is 4.98 Å². The SMILES string of the molecule is CC(C)(C)[Si](OCCCCCCCCC#CCCCCc1cccnc1)(c1ccccc1)c1ccccc1. The number of aromatic nitrogens is 1. The quantitative estimate of drug-likeness (QED) is 0.114. The Morgan fingerprint density at radius 1 is 0.658 bits per heavy atom. The van der Waals surface area contributed by atoms with Crippen molar-refractivity contribution in [1.29, 1.82) is 0 Å². The second-order valence-corrected chi connectivity index (χ2v) is 15.6. The molecule has 0 radical (unpaired) electrons. The van der Waals surface area contributed by atoms with Crippen LogP contribution in [0.25, 0.3) is 0 Å². The van der Waals surface area contributed by atoms with E-state index in [-0.39, 0.29) is 5.04 Å². The fourth-order valence-corrected chi connectivity index (χ4v) is 9.88. The molecule has 1 heterocycles. The van der Waals surface area contributed by atoms with Crippen molar-refractivity contribution in [3.63, 3.8) is 0 Å². The number of nitrogens with zero attached hydrogens (tertiary/aromatic N) is 1. The average molecular weight is 526 g/mol. The molecule has 3 rings (SSSR count). The lowest BCUT2D eigenvalue weighted by Gasteiger charge is -2.43. The number of hydrogen-bond acceptors (Lipinski definition) is 2. The summed E-state index contributed by atoms with van der Waals surface area (Å²) < 4.78 is 7.01. The second kappa shape index (κ2) is 16.3. The minimum Gasteiger partial charge on any atom is -0.407 e. The highest BCUT2D eigenvalue weighted by molar-refractivity contribution is 6.99. The number of hydrogen-bond donors (Lipinski definition) is 0. The fourth-order valence-electron chi connectivity index (χ4n) is 5.27. The maximum Gasteiger partial charge on any atom is 0.261 e. The van der Waals surface area contributed by atoms with E-state index in [0.29, 0.717) is 0 Å². The number of aryl methyl sites for hydroxylation is 1. The van der Waals surface area contributed by atoms with Gasteiger partial charge in [0, 0.05) is 31.8 Å². The van der Waals surface area contributed by atoms with Crippen LogP contribution in [0, 0.1) is 11.8 Å². The maximum absolute atomic E-state index is 7.01. The maximum atomic E-state index is 7.01. The van der Waals surface area contributed by atoms with Gasteiger partial charge >= 0.3 is 0 Å². The molecule has 38 heavy (non-hydrogen) atoms. The van der Waals surface area contributed by atoms with Gasteiger partial charge in [0.1, 0.15) is 0 Å². The summed E-state index contributed by atoms with van der Waals surface area (Å²) in [4.78, 5) is 4.18. The van der Waals surface area contributed by atoms with Crippen molar-refractivity contribution < 1.29 is 4.43 Å². The van der Waals surface area contributed by atoms with Crippen LogP contribution < -0.4 is 10.4 Å². The molecule has 0 atom stereocenters. The molecular formula is C35H47NOSi. The molecule has 3 aromatic rings. The van der Waals surface area contributed by atoms with Gasteiger partial charge in [0.15, 0.2) is 0 Å². The third-order valence-corrected chi connectivity index (χ3v) is 12.3. The van der Waals surface area contributed by atoms with Crippen LogP contribution in [-0.4, -0.2) is 19.9 Å². The van der Waals surface area contributed by atoms with Crippen molar-refractivity contribution >= 4 is 18.7 Å². The van der Waals surface area contributed by atoms with Crippen molar-refractivity contribution in [2.75, 3.05) is 6.61 Å². The van der Waals surface area contributed by atoms with E-state index in [9.17, 15) is 0 Å². The molecule has 0 unspecified atom stereocenters. The molecular weight excluding hydrogens is 478 g/mol. The summed E-state index contributed by atoms with van der Waals surface area (Å²) in [6, 6.07) is 26.1. The molecule has 0 aliphatic rings.